The van der Waals surface area contributed by atoms with Gasteiger partial charge in [0.1, 0.15) is 35.2 Å². The third-order valence-corrected chi connectivity index (χ3v) is 12.0. The molecule has 50 heavy (non-hydrogen) atoms. The van der Waals surface area contributed by atoms with Crippen LogP contribution in [0.25, 0.3) is 32.9 Å². The number of rotatable bonds is 9. The van der Waals surface area contributed by atoms with Crippen molar-refractivity contribution in [2.45, 2.75) is 82.7 Å². The summed E-state index contributed by atoms with van der Waals surface area (Å²) in [5.41, 5.74) is 0.694. The summed E-state index contributed by atoms with van der Waals surface area (Å²) in [6, 6.07) is 6.45. The molecule has 5 heterocycles. The van der Waals surface area contributed by atoms with Crippen LogP contribution in [-0.4, -0.2) is 87.7 Å². The summed E-state index contributed by atoms with van der Waals surface area (Å²) in [6.45, 7) is 4.89. The van der Waals surface area contributed by atoms with Gasteiger partial charge in [-0.25, -0.2) is 8.78 Å². The summed E-state index contributed by atoms with van der Waals surface area (Å²) in [6.07, 6.45) is 11.0. The van der Waals surface area contributed by atoms with E-state index in [1.54, 1.807) is 37.3 Å². The number of phenols is 1. The van der Waals surface area contributed by atoms with E-state index in [4.69, 9.17) is 14.7 Å². The summed E-state index contributed by atoms with van der Waals surface area (Å²) < 4.78 is 38.6. The molecule has 1 aliphatic carbocycles. The predicted molar refractivity (Wildman–Crippen MR) is 189 cm³/mol. The van der Waals surface area contributed by atoms with Gasteiger partial charge in [0.25, 0.3) is 0 Å². The maximum absolute atomic E-state index is 17.0. The van der Waals surface area contributed by atoms with Gasteiger partial charge in [-0.1, -0.05) is 13.0 Å². The Morgan fingerprint density at radius 3 is 2.66 bits per heavy atom. The number of carbonyl (C=O) groups is 1. The molecule has 264 valence electrons. The van der Waals surface area contributed by atoms with Crippen LogP contribution in [0.15, 0.2) is 30.5 Å². The van der Waals surface area contributed by atoms with Crippen molar-refractivity contribution in [3.05, 3.63) is 47.7 Å². The molecule has 1 amide bonds. The van der Waals surface area contributed by atoms with Gasteiger partial charge in [0.05, 0.1) is 10.9 Å². The molecule has 4 fully saturated rings. The van der Waals surface area contributed by atoms with Crippen LogP contribution in [0.2, 0.25) is 0 Å². The van der Waals surface area contributed by atoms with E-state index in [-0.39, 0.29) is 40.2 Å². The van der Waals surface area contributed by atoms with E-state index in [1.165, 1.54) is 31.4 Å². The van der Waals surface area contributed by atoms with Crippen LogP contribution in [0.5, 0.6) is 11.8 Å². The van der Waals surface area contributed by atoms with Crippen molar-refractivity contribution < 1.29 is 23.4 Å². The van der Waals surface area contributed by atoms with Gasteiger partial charge in [-0.15, -0.1) is 0 Å². The van der Waals surface area contributed by atoms with E-state index in [0.717, 1.165) is 51.7 Å². The second kappa shape index (κ2) is 12.9. The minimum Gasteiger partial charge on any atom is -0.508 e. The highest BCUT2D eigenvalue weighted by molar-refractivity contribution is 6.01. The highest BCUT2D eigenvalue weighted by Crippen LogP contribution is 2.45. The lowest BCUT2D eigenvalue weighted by atomic mass is 9.94. The lowest BCUT2D eigenvalue weighted by Crippen LogP contribution is -2.47. The van der Waals surface area contributed by atoms with Gasteiger partial charge >= 0.3 is 6.01 Å². The van der Waals surface area contributed by atoms with Crippen molar-refractivity contribution in [3.8, 4) is 23.0 Å². The van der Waals surface area contributed by atoms with Gasteiger partial charge in [-0.05, 0) is 111 Å². The second-order valence-corrected chi connectivity index (χ2v) is 15.3. The van der Waals surface area contributed by atoms with Gasteiger partial charge in [0.2, 0.25) is 5.91 Å². The Morgan fingerprint density at radius 2 is 1.90 bits per heavy atom. The molecular weight excluding hydrogens is 638 g/mol. The van der Waals surface area contributed by atoms with Gasteiger partial charge in [-0.2, -0.15) is 9.97 Å². The van der Waals surface area contributed by atoms with E-state index in [0.29, 0.717) is 70.4 Å². The fourth-order valence-electron chi connectivity index (χ4n) is 9.56. The van der Waals surface area contributed by atoms with Crippen LogP contribution in [-0.2, 0) is 11.2 Å². The Kier molecular flexibility index (Phi) is 8.52. The van der Waals surface area contributed by atoms with Gasteiger partial charge in [0.15, 0.2) is 5.82 Å². The zero-order valence-electron chi connectivity index (χ0n) is 29.2. The number of aromatic hydroxyl groups is 1. The van der Waals surface area contributed by atoms with Gasteiger partial charge in [0, 0.05) is 51.4 Å². The minimum absolute atomic E-state index is 0.000480. The molecule has 9 nitrogen and oxygen atoms in total. The number of aryl methyl sites for hydroxylation is 1. The Bertz CT molecular complexity index is 1960. The number of hydrogen-bond donors (Lipinski definition) is 1. The van der Waals surface area contributed by atoms with Gasteiger partial charge in [-0.3, -0.25) is 14.7 Å². The van der Waals surface area contributed by atoms with E-state index in [1.807, 2.05) is 6.92 Å². The van der Waals surface area contributed by atoms with Crippen LogP contribution < -0.4 is 9.64 Å². The highest BCUT2D eigenvalue weighted by Gasteiger charge is 2.49. The zero-order valence-corrected chi connectivity index (χ0v) is 29.2. The molecule has 3 aliphatic heterocycles. The van der Waals surface area contributed by atoms with Crippen molar-refractivity contribution in [3.63, 3.8) is 0 Å². The molecule has 1 saturated carbocycles. The number of ether oxygens (including phenoxy) is 1. The number of carbonyl (C=O) groups excluding carboxylic acids is 1. The number of amides is 1. The Balaban J connectivity index is 1.18. The number of benzene rings is 2. The molecule has 8 rings (SSSR count). The first-order valence-corrected chi connectivity index (χ1v) is 18.3. The summed E-state index contributed by atoms with van der Waals surface area (Å²) in [5.74, 6) is 0.830. The topological polar surface area (TPSA) is 94.9 Å². The van der Waals surface area contributed by atoms with Gasteiger partial charge < -0.3 is 19.6 Å². The van der Waals surface area contributed by atoms with Crippen LogP contribution in [0, 0.1) is 23.5 Å². The first kappa shape index (κ1) is 33.0. The molecule has 4 aromatic rings. The van der Waals surface area contributed by atoms with Crippen molar-refractivity contribution in [2.75, 3.05) is 45.2 Å². The zero-order chi connectivity index (χ0) is 34.7. The molecule has 0 radical (unpaired) electrons. The molecule has 2 unspecified atom stereocenters. The molecular formula is C39H46F2N6O3. The average molecular weight is 685 g/mol. The van der Waals surface area contributed by atoms with Crippen molar-refractivity contribution in [1.82, 2.24) is 24.8 Å². The van der Waals surface area contributed by atoms with Crippen molar-refractivity contribution in [2.24, 2.45) is 11.8 Å². The highest BCUT2D eigenvalue weighted by atomic mass is 19.1. The van der Waals surface area contributed by atoms with Crippen LogP contribution in [0.3, 0.4) is 0 Å². The molecule has 4 atom stereocenters. The van der Waals surface area contributed by atoms with Crippen LogP contribution in [0.4, 0.5) is 14.6 Å². The third kappa shape index (κ3) is 5.71. The number of phenolic OH excluding ortho intramolecular Hbond substituents is 1. The molecule has 11 heteroatoms. The van der Waals surface area contributed by atoms with E-state index < -0.39 is 5.82 Å². The molecule has 1 N–H and O–H groups in total. The Labute approximate surface area is 291 Å². The van der Waals surface area contributed by atoms with Crippen molar-refractivity contribution in [1.29, 1.82) is 0 Å². The number of anilines is 1. The SMILES string of the molecule is CCc1c(F)ccc2cc(O)cc(-c3ncc4c(N5CC6CCC(C6)C5)nc(OC[C@]56CCCN5[C@@H](CCC(=O)N(C)C)CC6)nc4c3F)c12. The first-order chi connectivity index (χ1) is 24.1. The maximum atomic E-state index is 17.0. The van der Waals surface area contributed by atoms with E-state index >= 15 is 8.78 Å². The summed E-state index contributed by atoms with van der Waals surface area (Å²) >= 11 is 0. The first-order valence-electron chi connectivity index (χ1n) is 18.3. The summed E-state index contributed by atoms with van der Waals surface area (Å²) in [5, 5.41) is 12.3. The van der Waals surface area contributed by atoms with Crippen LogP contribution >= 0.6 is 0 Å². The number of aromatic nitrogens is 3. The monoisotopic (exact) mass is 684 g/mol. The van der Waals surface area contributed by atoms with E-state index in [9.17, 15) is 9.90 Å². The maximum Gasteiger partial charge on any atom is 0.319 e. The lowest BCUT2D eigenvalue weighted by Gasteiger charge is -2.35. The summed E-state index contributed by atoms with van der Waals surface area (Å²) in [7, 11) is 3.60. The van der Waals surface area contributed by atoms with E-state index in [2.05, 4.69) is 14.8 Å². The normalized spacial score (nSPS) is 24.7. The molecule has 2 aromatic heterocycles. The third-order valence-electron chi connectivity index (χ3n) is 12.0. The Morgan fingerprint density at radius 1 is 1.10 bits per heavy atom. The summed E-state index contributed by atoms with van der Waals surface area (Å²) in [4.78, 5) is 33.1. The number of hydrogen-bond acceptors (Lipinski definition) is 8. The minimum atomic E-state index is -0.652. The average Bonchev–Trinajstić information content (AvgIpc) is 3.78. The second-order valence-electron chi connectivity index (χ2n) is 15.3. The number of nitrogens with zero attached hydrogens (tertiary/aromatic N) is 6. The standard InChI is InChI=1S/C39H46F2N6O3/c1-4-28-31(40)10-8-25-17-27(48)18-29(33(25)28)35-34(41)36-30(19-42-35)37(46-20-23-6-7-24(16-23)21-46)44-38(43-36)50-22-39-13-5-15-47(39)26(12-14-39)9-11-32(49)45(2)3/h8,10,17-19,23-24,26,48H,4-7,9,11-16,20-22H2,1-3H3/t23?,24?,26-,39+/m0/s1. The molecule has 2 bridgehead atoms. The molecule has 0 spiro atoms. The number of fused-ring (bicyclic) bond motifs is 5. The lowest BCUT2D eigenvalue weighted by molar-refractivity contribution is -0.129. The number of piperidine rings is 1. The molecule has 2 aromatic carbocycles. The molecule has 4 aliphatic rings. The number of pyridine rings is 1. The molecule has 3 saturated heterocycles. The Hall–Kier alpha value is -4.12. The largest absolute Gasteiger partial charge is 0.508 e. The fraction of sp³-hybridized carbons (Fsp3) is 0.538. The van der Waals surface area contributed by atoms with Crippen molar-refractivity contribution >= 4 is 33.4 Å². The smallest absolute Gasteiger partial charge is 0.319 e. The number of halogens is 2. The fourth-order valence-corrected chi connectivity index (χ4v) is 9.56. The predicted octanol–water partition coefficient (Wildman–Crippen LogP) is 6.87. The quantitative estimate of drug-likeness (QED) is 0.204. The van der Waals surface area contributed by atoms with Crippen LogP contribution in [0.1, 0.15) is 70.3 Å².